The lowest BCUT2D eigenvalue weighted by Gasteiger charge is -2.44. The van der Waals surface area contributed by atoms with E-state index in [1.54, 1.807) is 6.20 Å². The molecular weight excluding hydrogens is 310 g/mol. The normalized spacial score (nSPS) is 24.2. The summed E-state index contributed by atoms with van der Waals surface area (Å²) in [6.45, 7) is 3.41. The van der Waals surface area contributed by atoms with E-state index in [2.05, 4.69) is 33.0 Å². The molecular formula is C21H25N3O. The van der Waals surface area contributed by atoms with Crippen LogP contribution in [0.25, 0.3) is 0 Å². The molecule has 2 aromatic rings. The fraction of sp³-hybridized carbons (Fsp3) is 0.429. The predicted molar refractivity (Wildman–Crippen MR) is 97.7 cm³/mol. The molecule has 1 aromatic carbocycles. The molecule has 1 aromatic heterocycles. The van der Waals surface area contributed by atoms with Gasteiger partial charge < -0.3 is 4.90 Å². The van der Waals surface area contributed by atoms with E-state index < -0.39 is 0 Å². The van der Waals surface area contributed by atoms with Crippen molar-refractivity contribution in [1.82, 2.24) is 14.8 Å². The van der Waals surface area contributed by atoms with Crippen LogP contribution in [-0.4, -0.2) is 39.3 Å². The van der Waals surface area contributed by atoms with Crippen LogP contribution in [0.4, 0.5) is 0 Å². The molecule has 2 aliphatic heterocycles. The van der Waals surface area contributed by atoms with Gasteiger partial charge >= 0.3 is 0 Å². The standard InChI is InChI=1S/C21H25N3O/c25-20-21(10-5-13-23(20)16-18-7-2-1-3-8-18)11-6-14-24(21)17-19-9-4-12-22-15-19/h1-4,7-9,12,15H,5-6,10-11,13-14,16-17H2. The maximum Gasteiger partial charge on any atom is 0.243 e. The average Bonchev–Trinajstić information content (AvgIpc) is 3.04. The lowest BCUT2D eigenvalue weighted by Crippen LogP contribution is -2.59. The van der Waals surface area contributed by atoms with Crippen LogP contribution in [-0.2, 0) is 17.9 Å². The summed E-state index contributed by atoms with van der Waals surface area (Å²) < 4.78 is 0. The molecule has 3 heterocycles. The van der Waals surface area contributed by atoms with E-state index in [0.717, 1.165) is 51.9 Å². The summed E-state index contributed by atoms with van der Waals surface area (Å²) in [6, 6.07) is 14.4. The summed E-state index contributed by atoms with van der Waals surface area (Å²) in [4.78, 5) is 22.1. The number of hydrogen-bond acceptors (Lipinski definition) is 3. The van der Waals surface area contributed by atoms with Crippen LogP contribution in [0.2, 0.25) is 0 Å². The molecule has 0 bridgehead atoms. The second-order valence-electron chi connectivity index (χ2n) is 7.23. The van der Waals surface area contributed by atoms with Gasteiger partial charge in [-0.1, -0.05) is 36.4 Å². The minimum absolute atomic E-state index is 0.303. The topological polar surface area (TPSA) is 36.4 Å². The zero-order valence-corrected chi connectivity index (χ0v) is 14.6. The van der Waals surface area contributed by atoms with Crippen LogP contribution < -0.4 is 0 Å². The molecule has 0 saturated carbocycles. The third kappa shape index (κ3) is 3.19. The Morgan fingerprint density at radius 1 is 0.920 bits per heavy atom. The van der Waals surface area contributed by atoms with Gasteiger partial charge in [-0.05, 0) is 49.4 Å². The highest BCUT2D eigenvalue weighted by atomic mass is 16.2. The minimum atomic E-state index is -0.303. The molecule has 0 N–H and O–H groups in total. The number of piperidine rings is 1. The van der Waals surface area contributed by atoms with E-state index >= 15 is 0 Å². The van der Waals surface area contributed by atoms with Crippen LogP contribution >= 0.6 is 0 Å². The highest BCUT2D eigenvalue weighted by Gasteiger charge is 2.50. The number of amides is 1. The Labute approximate surface area is 149 Å². The average molecular weight is 335 g/mol. The van der Waals surface area contributed by atoms with Gasteiger partial charge in [0.25, 0.3) is 0 Å². The van der Waals surface area contributed by atoms with Crippen molar-refractivity contribution in [3.8, 4) is 0 Å². The quantitative estimate of drug-likeness (QED) is 0.861. The molecule has 2 aliphatic rings. The molecule has 4 nitrogen and oxygen atoms in total. The molecule has 0 radical (unpaired) electrons. The van der Waals surface area contributed by atoms with Crippen LogP contribution in [0.3, 0.4) is 0 Å². The van der Waals surface area contributed by atoms with Crippen molar-refractivity contribution in [2.45, 2.75) is 44.3 Å². The number of pyridine rings is 1. The Morgan fingerprint density at radius 2 is 1.68 bits per heavy atom. The summed E-state index contributed by atoms with van der Waals surface area (Å²) in [5.74, 6) is 0.323. The lowest BCUT2D eigenvalue weighted by molar-refractivity contribution is -0.148. The van der Waals surface area contributed by atoms with E-state index in [9.17, 15) is 4.79 Å². The van der Waals surface area contributed by atoms with Crippen molar-refractivity contribution in [2.24, 2.45) is 0 Å². The zero-order chi connectivity index (χ0) is 17.1. The molecule has 4 rings (SSSR count). The number of carbonyl (C=O) groups excluding carboxylic acids is 1. The van der Waals surface area contributed by atoms with Gasteiger partial charge in [-0.15, -0.1) is 0 Å². The second kappa shape index (κ2) is 6.96. The van der Waals surface area contributed by atoms with E-state index in [0.29, 0.717) is 5.91 Å². The van der Waals surface area contributed by atoms with Crippen LogP contribution in [0.1, 0.15) is 36.8 Å². The molecule has 1 atom stereocenters. The van der Waals surface area contributed by atoms with Crippen molar-refractivity contribution < 1.29 is 4.79 Å². The number of rotatable bonds is 4. The first kappa shape index (κ1) is 16.3. The van der Waals surface area contributed by atoms with Gasteiger partial charge in [-0.2, -0.15) is 0 Å². The number of aromatic nitrogens is 1. The van der Waals surface area contributed by atoms with Gasteiger partial charge in [-0.25, -0.2) is 0 Å². The first-order valence-electron chi connectivity index (χ1n) is 9.25. The van der Waals surface area contributed by atoms with Crippen LogP contribution in [0, 0.1) is 0 Å². The Hall–Kier alpha value is -2.20. The van der Waals surface area contributed by atoms with Gasteiger partial charge in [-0.3, -0.25) is 14.7 Å². The van der Waals surface area contributed by atoms with Gasteiger partial charge in [0.2, 0.25) is 5.91 Å². The summed E-state index contributed by atoms with van der Waals surface area (Å²) in [5.41, 5.74) is 2.10. The smallest absolute Gasteiger partial charge is 0.243 e. The molecule has 1 amide bonds. The second-order valence-corrected chi connectivity index (χ2v) is 7.23. The third-order valence-electron chi connectivity index (χ3n) is 5.64. The van der Waals surface area contributed by atoms with E-state index in [-0.39, 0.29) is 5.54 Å². The fourth-order valence-electron chi connectivity index (χ4n) is 4.42. The van der Waals surface area contributed by atoms with Crippen molar-refractivity contribution in [3.05, 3.63) is 66.0 Å². The van der Waals surface area contributed by atoms with Crippen molar-refractivity contribution in [3.63, 3.8) is 0 Å². The van der Waals surface area contributed by atoms with Crippen molar-refractivity contribution >= 4 is 5.91 Å². The Morgan fingerprint density at radius 3 is 2.44 bits per heavy atom. The van der Waals surface area contributed by atoms with Crippen molar-refractivity contribution in [1.29, 1.82) is 0 Å². The minimum Gasteiger partial charge on any atom is -0.337 e. The van der Waals surface area contributed by atoms with E-state index in [4.69, 9.17) is 0 Å². The first-order valence-corrected chi connectivity index (χ1v) is 9.25. The number of nitrogens with zero attached hydrogens (tertiary/aromatic N) is 3. The number of hydrogen-bond donors (Lipinski definition) is 0. The highest BCUT2D eigenvalue weighted by Crippen LogP contribution is 2.39. The predicted octanol–water partition coefficient (Wildman–Crippen LogP) is 3.24. The summed E-state index contributed by atoms with van der Waals surface area (Å²) in [5, 5.41) is 0. The molecule has 2 fully saturated rings. The third-order valence-corrected chi connectivity index (χ3v) is 5.64. The number of likely N-dealkylation sites (tertiary alicyclic amines) is 2. The first-order chi connectivity index (χ1) is 12.3. The lowest BCUT2D eigenvalue weighted by atomic mass is 9.85. The highest BCUT2D eigenvalue weighted by molar-refractivity contribution is 5.87. The summed E-state index contributed by atoms with van der Waals surface area (Å²) >= 11 is 0. The molecule has 25 heavy (non-hydrogen) atoms. The van der Waals surface area contributed by atoms with Crippen LogP contribution in [0.15, 0.2) is 54.9 Å². The Kier molecular flexibility index (Phi) is 4.53. The van der Waals surface area contributed by atoms with Gasteiger partial charge in [0.15, 0.2) is 0 Å². The molecule has 1 spiro atoms. The fourth-order valence-corrected chi connectivity index (χ4v) is 4.42. The van der Waals surface area contributed by atoms with Gasteiger partial charge in [0, 0.05) is 32.0 Å². The molecule has 4 heteroatoms. The van der Waals surface area contributed by atoms with Gasteiger partial charge in [0.05, 0.1) is 0 Å². The van der Waals surface area contributed by atoms with E-state index in [1.165, 1.54) is 11.1 Å². The molecule has 130 valence electrons. The molecule has 2 saturated heterocycles. The monoisotopic (exact) mass is 335 g/mol. The largest absolute Gasteiger partial charge is 0.337 e. The molecule has 0 aliphatic carbocycles. The van der Waals surface area contributed by atoms with Crippen LogP contribution in [0.5, 0.6) is 0 Å². The van der Waals surface area contributed by atoms with Crippen molar-refractivity contribution in [2.75, 3.05) is 13.1 Å². The van der Waals surface area contributed by atoms with Gasteiger partial charge in [0.1, 0.15) is 5.54 Å². The summed E-state index contributed by atoms with van der Waals surface area (Å²) in [6.07, 6.45) is 7.87. The number of carbonyl (C=O) groups is 1. The number of benzene rings is 1. The maximum absolute atomic E-state index is 13.4. The van der Waals surface area contributed by atoms with E-state index in [1.807, 2.05) is 30.5 Å². The SMILES string of the molecule is O=C1N(Cc2ccccc2)CCCC12CCCN2Cc1cccnc1. The molecule has 1 unspecified atom stereocenters. The maximum atomic E-state index is 13.4. The Balaban J connectivity index is 1.54. The Bertz CT molecular complexity index is 718. The summed E-state index contributed by atoms with van der Waals surface area (Å²) in [7, 11) is 0. The zero-order valence-electron chi connectivity index (χ0n) is 14.6.